The van der Waals surface area contributed by atoms with Crippen LogP contribution in [-0.4, -0.2) is 23.9 Å². The van der Waals surface area contributed by atoms with Gasteiger partial charge in [0.25, 0.3) is 5.91 Å². The van der Waals surface area contributed by atoms with E-state index in [1.54, 1.807) is 11.3 Å². The summed E-state index contributed by atoms with van der Waals surface area (Å²) in [6.07, 6.45) is 2.32. The summed E-state index contributed by atoms with van der Waals surface area (Å²) in [5.41, 5.74) is 0. The van der Waals surface area contributed by atoms with Crippen molar-refractivity contribution in [3.8, 4) is 0 Å². The summed E-state index contributed by atoms with van der Waals surface area (Å²) in [5.74, 6) is 1.47. The quantitative estimate of drug-likeness (QED) is 0.791. The summed E-state index contributed by atoms with van der Waals surface area (Å²) in [7, 11) is 0. The Kier molecular flexibility index (Phi) is 3.87. The fourth-order valence-corrected chi connectivity index (χ4v) is 5.55. The summed E-state index contributed by atoms with van der Waals surface area (Å²) < 4.78 is 1.29. The van der Waals surface area contributed by atoms with Gasteiger partial charge in [-0.2, -0.15) is 0 Å². The molecule has 1 fully saturated rings. The minimum absolute atomic E-state index is 0.231. The average Bonchev–Trinajstić information content (AvgIpc) is 2.94. The lowest BCUT2D eigenvalue weighted by molar-refractivity contribution is 0.0628. The standard InChI is InChI=1S/C16H21NOS2/c1-4-13-6-12-7-14(20-16(12)19-13)15(18)17-8-10(2)5-11(3)9-17/h6-7,10-11H,4-5,8-9H2,1-3H3. The molecule has 108 valence electrons. The van der Waals surface area contributed by atoms with Crippen LogP contribution in [0.2, 0.25) is 0 Å². The van der Waals surface area contributed by atoms with Crippen molar-refractivity contribution in [2.75, 3.05) is 13.1 Å². The highest BCUT2D eigenvalue weighted by molar-refractivity contribution is 7.39. The number of piperidine rings is 1. The van der Waals surface area contributed by atoms with Gasteiger partial charge in [0.15, 0.2) is 0 Å². The first kappa shape index (κ1) is 14.1. The number of carbonyl (C=O) groups is 1. The Morgan fingerprint density at radius 1 is 1.25 bits per heavy atom. The van der Waals surface area contributed by atoms with Crippen LogP contribution in [0.15, 0.2) is 12.1 Å². The van der Waals surface area contributed by atoms with Crippen LogP contribution in [0.25, 0.3) is 9.40 Å². The van der Waals surface area contributed by atoms with Gasteiger partial charge in [0.1, 0.15) is 0 Å². The van der Waals surface area contributed by atoms with E-state index in [0.717, 1.165) is 24.4 Å². The first-order valence-corrected chi connectivity index (χ1v) is 9.01. The van der Waals surface area contributed by atoms with Crippen molar-refractivity contribution < 1.29 is 4.79 Å². The largest absolute Gasteiger partial charge is 0.337 e. The number of hydrogen-bond donors (Lipinski definition) is 0. The molecule has 0 spiro atoms. The van der Waals surface area contributed by atoms with Gasteiger partial charge < -0.3 is 4.90 Å². The molecule has 0 radical (unpaired) electrons. The molecule has 2 nitrogen and oxygen atoms in total. The summed E-state index contributed by atoms with van der Waals surface area (Å²) in [4.78, 5) is 17.0. The maximum Gasteiger partial charge on any atom is 0.264 e. The molecule has 3 heterocycles. The second-order valence-corrected chi connectivity index (χ2v) is 8.52. The number of carbonyl (C=O) groups excluding carboxylic acids is 1. The predicted octanol–water partition coefficient (Wildman–Crippen LogP) is 4.64. The van der Waals surface area contributed by atoms with Crippen LogP contribution in [0, 0.1) is 11.8 Å². The van der Waals surface area contributed by atoms with E-state index in [0.29, 0.717) is 11.8 Å². The van der Waals surface area contributed by atoms with E-state index in [9.17, 15) is 4.79 Å². The van der Waals surface area contributed by atoms with Crippen LogP contribution in [0.3, 0.4) is 0 Å². The van der Waals surface area contributed by atoms with Gasteiger partial charge in [-0.3, -0.25) is 4.79 Å². The number of thiophene rings is 2. The molecule has 1 aliphatic rings. The number of nitrogens with zero attached hydrogens (tertiary/aromatic N) is 1. The molecule has 20 heavy (non-hydrogen) atoms. The van der Waals surface area contributed by atoms with Crippen molar-refractivity contribution in [2.24, 2.45) is 11.8 Å². The van der Waals surface area contributed by atoms with Crippen molar-refractivity contribution >= 4 is 38.0 Å². The minimum Gasteiger partial charge on any atom is -0.337 e. The Morgan fingerprint density at radius 3 is 2.55 bits per heavy atom. The Morgan fingerprint density at radius 2 is 1.95 bits per heavy atom. The lowest BCUT2D eigenvalue weighted by Gasteiger charge is -2.34. The smallest absolute Gasteiger partial charge is 0.264 e. The van der Waals surface area contributed by atoms with Crippen LogP contribution in [0.1, 0.15) is 41.7 Å². The third-order valence-corrected chi connectivity index (χ3v) is 6.50. The molecule has 0 N–H and O–H groups in total. The van der Waals surface area contributed by atoms with Crippen molar-refractivity contribution in [3.63, 3.8) is 0 Å². The number of rotatable bonds is 2. The molecule has 2 aromatic heterocycles. The van der Waals surface area contributed by atoms with Gasteiger partial charge in [-0.05, 0) is 36.8 Å². The van der Waals surface area contributed by atoms with Gasteiger partial charge in [0.05, 0.1) is 8.89 Å². The summed E-state index contributed by atoms with van der Waals surface area (Å²) in [6, 6.07) is 4.32. The first-order valence-electron chi connectivity index (χ1n) is 7.38. The SMILES string of the molecule is CCc1cc2cc(C(=O)N3CC(C)CC(C)C3)sc2s1. The maximum absolute atomic E-state index is 12.7. The molecule has 2 unspecified atom stereocenters. The number of likely N-dealkylation sites (tertiary alicyclic amines) is 1. The molecule has 1 aliphatic heterocycles. The fourth-order valence-electron chi connectivity index (χ4n) is 3.15. The molecule has 1 amide bonds. The molecule has 3 rings (SSSR count). The molecule has 0 bridgehead atoms. The molecule has 1 saturated heterocycles. The van der Waals surface area contributed by atoms with Gasteiger partial charge in [0.2, 0.25) is 0 Å². The lowest BCUT2D eigenvalue weighted by atomic mass is 9.92. The normalized spacial score (nSPS) is 23.4. The van der Waals surface area contributed by atoms with E-state index < -0.39 is 0 Å². The molecule has 0 aliphatic carbocycles. The van der Waals surface area contributed by atoms with E-state index in [2.05, 4.69) is 37.8 Å². The van der Waals surface area contributed by atoms with Crippen molar-refractivity contribution in [2.45, 2.75) is 33.6 Å². The zero-order valence-corrected chi connectivity index (χ0v) is 13.9. The first-order chi connectivity index (χ1) is 9.56. The minimum atomic E-state index is 0.231. The molecule has 0 aromatic carbocycles. The highest BCUT2D eigenvalue weighted by atomic mass is 32.2. The molecule has 2 aromatic rings. The third-order valence-electron chi connectivity index (χ3n) is 3.98. The molecule has 4 heteroatoms. The second kappa shape index (κ2) is 5.49. The number of hydrogen-bond acceptors (Lipinski definition) is 3. The van der Waals surface area contributed by atoms with Crippen molar-refractivity contribution in [1.82, 2.24) is 4.90 Å². The van der Waals surface area contributed by atoms with E-state index in [-0.39, 0.29) is 5.91 Å². The van der Waals surface area contributed by atoms with Gasteiger partial charge in [0, 0.05) is 23.4 Å². The topological polar surface area (TPSA) is 20.3 Å². The second-order valence-electron chi connectivity index (χ2n) is 6.08. The Labute approximate surface area is 128 Å². The monoisotopic (exact) mass is 307 g/mol. The van der Waals surface area contributed by atoms with Gasteiger partial charge in [-0.1, -0.05) is 20.8 Å². The third kappa shape index (κ3) is 2.63. The van der Waals surface area contributed by atoms with Gasteiger partial charge >= 0.3 is 0 Å². The van der Waals surface area contributed by atoms with E-state index in [1.807, 2.05) is 11.3 Å². The van der Waals surface area contributed by atoms with E-state index in [1.165, 1.54) is 20.7 Å². The molecular formula is C16H21NOS2. The molecular weight excluding hydrogens is 286 g/mol. The number of fused-ring (bicyclic) bond motifs is 1. The summed E-state index contributed by atoms with van der Waals surface area (Å²) in [6.45, 7) is 8.49. The van der Waals surface area contributed by atoms with Crippen LogP contribution >= 0.6 is 22.7 Å². The average molecular weight is 307 g/mol. The van der Waals surface area contributed by atoms with Crippen LogP contribution in [-0.2, 0) is 6.42 Å². The Bertz CT molecular complexity index is 586. The van der Waals surface area contributed by atoms with Crippen LogP contribution < -0.4 is 0 Å². The number of aryl methyl sites for hydroxylation is 1. The predicted molar refractivity (Wildman–Crippen MR) is 87.9 cm³/mol. The fraction of sp³-hybridized carbons (Fsp3) is 0.562. The van der Waals surface area contributed by atoms with Crippen molar-refractivity contribution in [3.05, 3.63) is 21.9 Å². The van der Waals surface area contributed by atoms with Crippen LogP contribution in [0.5, 0.6) is 0 Å². The number of amides is 1. The maximum atomic E-state index is 12.7. The van der Waals surface area contributed by atoms with Gasteiger partial charge in [-0.25, -0.2) is 0 Å². The summed E-state index contributed by atoms with van der Waals surface area (Å²) >= 11 is 3.50. The Balaban J connectivity index is 1.82. The van der Waals surface area contributed by atoms with Gasteiger partial charge in [-0.15, -0.1) is 22.7 Å². The van der Waals surface area contributed by atoms with Crippen molar-refractivity contribution in [1.29, 1.82) is 0 Å². The van der Waals surface area contributed by atoms with E-state index >= 15 is 0 Å². The highest BCUT2D eigenvalue weighted by Crippen LogP contribution is 2.35. The highest BCUT2D eigenvalue weighted by Gasteiger charge is 2.27. The zero-order chi connectivity index (χ0) is 14.3. The van der Waals surface area contributed by atoms with Crippen LogP contribution in [0.4, 0.5) is 0 Å². The summed E-state index contributed by atoms with van der Waals surface area (Å²) in [5, 5.41) is 1.25. The zero-order valence-electron chi connectivity index (χ0n) is 12.3. The molecule has 0 saturated carbocycles. The lowest BCUT2D eigenvalue weighted by Crippen LogP contribution is -2.42. The Hall–Kier alpha value is -0.870. The van der Waals surface area contributed by atoms with E-state index in [4.69, 9.17) is 0 Å². The molecule has 2 atom stereocenters.